The molecule has 1 atom stereocenters. The van der Waals surface area contributed by atoms with Crippen molar-refractivity contribution in [2.24, 2.45) is 11.7 Å². The number of nitrogens with one attached hydrogen (secondary N) is 1. The minimum Gasteiger partial charge on any atom is -0.494 e. The fourth-order valence-corrected chi connectivity index (χ4v) is 2.86. The molecule has 6 nitrogen and oxygen atoms in total. The van der Waals surface area contributed by atoms with Crippen LogP contribution in [-0.4, -0.2) is 50.0 Å². The molecule has 0 bridgehead atoms. The molecular weight excluding hydrogens is 313 g/mol. The smallest absolute Gasteiger partial charge is 0.227 e. The molecule has 1 unspecified atom stereocenters. The molecular formula is C17H24FN3O3. The SMILES string of the molecule is COc1ccc(CC(=O)N2CCCC(C(=O)NCCN)C2)cc1F. The molecule has 0 aromatic heterocycles. The van der Waals surface area contributed by atoms with E-state index in [2.05, 4.69) is 5.32 Å². The second-order valence-electron chi connectivity index (χ2n) is 5.90. The summed E-state index contributed by atoms with van der Waals surface area (Å²) in [6, 6.07) is 4.50. The number of piperidine rings is 1. The molecule has 0 spiro atoms. The molecule has 0 saturated carbocycles. The standard InChI is InChI=1S/C17H24FN3O3/c1-24-15-5-4-12(9-14(15)18)10-16(22)21-8-2-3-13(11-21)17(23)20-7-6-19/h4-5,9,13H,2-3,6-8,10-11,19H2,1H3,(H,20,23). The van der Waals surface area contributed by atoms with E-state index in [9.17, 15) is 14.0 Å². The number of nitrogens with zero attached hydrogens (tertiary/aromatic N) is 1. The quantitative estimate of drug-likeness (QED) is 0.800. The Bertz CT molecular complexity index is 594. The number of halogens is 1. The van der Waals surface area contributed by atoms with Crippen molar-refractivity contribution in [2.75, 3.05) is 33.3 Å². The van der Waals surface area contributed by atoms with Gasteiger partial charge in [0.05, 0.1) is 19.4 Å². The minimum atomic E-state index is -0.486. The number of benzene rings is 1. The van der Waals surface area contributed by atoms with Crippen LogP contribution in [0.3, 0.4) is 0 Å². The third-order valence-corrected chi connectivity index (χ3v) is 4.16. The van der Waals surface area contributed by atoms with E-state index in [1.54, 1.807) is 11.0 Å². The van der Waals surface area contributed by atoms with Crippen molar-refractivity contribution in [3.8, 4) is 5.75 Å². The monoisotopic (exact) mass is 337 g/mol. The number of amides is 2. The van der Waals surface area contributed by atoms with E-state index in [0.717, 1.165) is 12.8 Å². The number of hydrogen-bond donors (Lipinski definition) is 2. The van der Waals surface area contributed by atoms with E-state index < -0.39 is 5.82 Å². The van der Waals surface area contributed by atoms with Gasteiger partial charge >= 0.3 is 0 Å². The van der Waals surface area contributed by atoms with Gasteiger partial charge in [0.2, 0.25) is 11.8 Å². The number of likely N-dealkylation sites (tertiary alicyclic amines) is 1. The van der Waals surface area contributed by atoms with Crippen LogP contribution in [0.25, 0.3) is 0 Å². The Morgan fingerprint density at radius 3 is 2.92 bits per heavy atom. The molecule has 2 rings (SSSR count). The van der Waals surface area contributed by atoms with Gasteiger partial charge < -0.3 is 20.7 Å². The Morgan fingerprint density at radius 2 is 2.25 bits per heavy atom. The van der Waals surface area contributed by atoms with Crippen LogP contribution in [-0.2, 0) is 16.0 Å². The van der Waals surface area contributed by atoms with Crippen molar-refractivity contribution in [2.45, 2.75) is 19.3 Å². The van der Waals surface area contributed by atoms with Crippen molar-refractivity contribution < 1.29 is 18.7 Å². The van der Waals surface area contributed by atoms with Crippen LogP contribution in [0.4, 0.5) is 4.39 Å². The van der Waals surface area contributed by atoms with Gasteiger partial charge in [-0.3, -0.25) is 9.59 Å². The minimum absolute atomic E-state index is 0.0616. The largest absolute Gasteiger partial charge is 0.494 e. The van der Waals surface area contributed by atoms with Crippen molar-refractivity contribution in [3.05, 3.63) is 29.6 Å². The lowest BCUT2D eigenvalue weighted by Gasteiger charge is -2.32. The summed E-state index contributed by atoms with van der Waals surface area (Å²) in [7, 11) is 1.40. The number of hydrogen-bond acceptors (Lipinski definition) is 4. The van der Waals surface area contributed by atoms with Gasteiger partial charge in [0.15, 0.2) is 11.6 Å². The van der Waals surface area contributed by atoms with Crippen molar-refractivity contribution in [1.29, 1.82) is 0 Å². The lowest BCUT2D eigenvalue weighted by molar-refractivity contribution is -0.135. The molecule has 1 aromatic rings. The number of carbonyl (C=O) groups is 2. The third-order valence-electron chi connectivity index (χ3n) is 4.16. The zero-order chi connectivity index (χ0) is 17.5. The van der Waals surface area contributed by atoms with Gasteiger partial charge in [0, 0.05) is 26.2 Å². The van der Waals surface area contributed by atoms with Gasteiger partial charge in [-0.15, -0.1) is 0 Å². The highest BCUT2D eigenvalue weighted by atomic mass is 19.1. The summed E-state index contributed by atoms with van der Waals surface area (Å²) >= 11 is 0. The van der Waals surface area contributed by atoms with Crippen LogP contribution in [0.5, 0.6) is 5.75 Å². The predicted octanol–water partition coefficient (Wildman–Crippen LogP) is 0.690. The fourth-order valence-electron chi connectivity index (χ4n) is 2.86. The van der Waals surface area contributed by atoms with Crippen LogP contribution in [0, 0.1) is 11.7 Å². The molecule has 0 aliphatic carbocycles. The van der Waals surface area contributed by atoms with Crippen LogP contribution < -0.4 is 15.8 Å². The summed E-state index contributed by atoms with van der Waals surface area (Å²) in [4.78, 5) is 26.1. The van der Waals surface area contributed by atoms with Crippen LogP contribution >= 0.6 is 0 Å². The summed E-state index contributed by atoms with van der Waals surface area (Å²) in [6.45, 7) is 1.85. The highest BCUT2D eigenvalue weighted by Gasteiger charge is 2.28. The Kier molecular flexibility index (Phi) is 6.54. The summed E-state index contributed by atoms with van der Waals surface area (Å²) in [6.07, 6.45) is 1.65. The van der Waals surface area contributed by atoms with E-state index in [1.807, 2.05) is 0 Å². The summed E-state index contributed by atoms with van der Waals surface area (Å²) < 4.78 is 18.6. The fraction of sp³-hybridized carbons (Fsp3) is 0.529. The van der Waals surface area contributed by atoms with Crippen LogP contribution in [0.2, 0.25) is 0 Å². The van der Waals surface area contributed by atoms with E-state index in [0.29, 0.717) is 31.7 Å². The van der Waals surface area contributed by atoms with Crippen molar-refractivity contribution >= 4 is 11.8 Å². The first kappa shape index (κ1) is 18.2. The molecule has 7 heteroatoms. The van der Waals surface area contributed by atoms with Gasteiger partial charge in [-0.2, -0.15) is 0 Å². The zero-order valence-corrected chi connectivity index (χ0v) is 13.9. The molecule has 1 saturated heterocycles. The van der Waals surface area contributed by atoms with Crippen LogP contribution in [0.1, 0.15) is 18.4 Å². The molecule has 2 amide bonds. The van der Waals surface area contributed by atoms with E-state index in [1.165, 1.54) is 19.2 Å². The average Bonchev–Trinajstić information content (AvgIpc) is 2.60. The lowest BCUT2D eigenvalue weighted by atomic mass is 9.96. The third kappa shape index (κ3) is 4.67. The molecule has 0 radical (unpaired) electrons. The summed E-state index contributed by atoms with van der Waals surface area (Å²) in [5.41, 5.74) is 5.97. The second kappa shape index (κ2) is 8.63. The number of rotatable bonds is 6. The first-order chi connectivity index (χ1) is 11.5. The Labute approximate surface area is 141 Å². The molecule has 3 N–H and O–H groups in total. The van der Waals surface area contributed by atoms with Crippen molar-refractivity contribution in [1.82, 2.24) is 10.2 Å². The highest BCUT2D eigenvalue weighted by molar-refractivity contribution is 5.82. The Hall–Kier alpha value is -2.15. The lowest BCUT2D eigenvalue weighted by Crippen LogP contribution is -2.46. The Morgan fingerprint density at radius 1 is 1.46 bits per heavy atom. The van der Waals surface area contributed by atoms with Crippen LogP contribution in [0.15, 0.2) is 18.2 Å². The van der Waals surface area contributed by atoms with Gasteiger partial charge in [-0.1, -0.05) is 6.07 Å². The zero-order valence-electron chi connectivity index (χ0n) is 13.9. The molecule has 24 heavy (non-hydrogen) atoms. The molecule has 1 heterocycles. The normalized spacial score (nSPS) is 17.5. The summed E-state index contributed by atoms with van der Waals surface area (Å²) in [5.74, 6) is -0.701. The maximum absolute atomic E-state index is 13.7. The first-order valence-corrected chi connectivity index (χ1v) is 8.13. The van der Waals surface area contributed by atoms with Crippen molar-refractivity contribution in [3.63, 3.8) is 0 Å². The molecule has 1 fully saturated rings. The average molecular weight is 337 g/mol. The van der Waals surface area contributed by atoms with E-state index in [4.69, 9.17) is 10.5 Å². The molecule has 1 aliphatic heterocycles. The van der Waals surface area contributed by atoms with Gasteiger partial charge in [0.1, 0.15) is 0 Å². The topological polar surface area (TPSA) is 84.7 Å². The highest BCUT2D eigenvalue weighted by Crippen LogP contribution is 2.20. The van der Waals surface area contributed by atoms with E-state index >= 15 is 0 Å². The molecule has 1 aromatic carbocycles. The van der Waals surface area contributed by atoms with Gasteiger partial charge in [-0.05, 0) is 30.5 Å². The molecule has 132 valence electrons. The predicted molar refractivity (Wildman–Crippen MR) is 88.0 cm³/mol. The second-order valence-corrected chi connectivity index (χ2v) is 5.90. The van der Waals surface area contributed by atoms with Gasteiger partial charge in [0.25, 0.3) is 0 Å². The molecule has 1 aliphatic rings. The van der Waals surface area contributed by atoms with Gasteiger partial charge in [-0.25, -0.2) is 4.39 Å². The maximum atomic E-state index is 13.7. The Balaban J connectivity index is 1.94. The van der Waals surface area contributed by atoms with E-state index in [-0.39, 0.29) is 29.9 Å². The number of nitrogens with two attached hydrogens (primary N) is 1. The number of ether oxygens (including phenoxy) is 1. The number of carbonyl (C=O) groups excluding carboxylic acids is 2. The summed E-state index contributed by atoms with van der Waals surface area (Å²) in [5, 5.41) is 2.77. The first-order valence-electron chi connectivity index (χ1n) is 8.13. The number of methoxy groups -OCH3 is 1. The maximum Gasteiger partial charge on any atom is 0.227 e.